The second-order valence-electron chi connectivity index (χ2n) is 5.87. The van der Waals surface area contributed by atoms with Crippen molar-refractivity contribution in [2.75, 3.05) is 6.61 Å². The molecule has 6 heteroatoms. The molecule has 1 atom stereocenters. The standard InChI is InChI=1S/C17H23Cl3O3/c1-11(2)7-5-4-6-8-22-17(21)12(3)23-16-10-14(19)13(18)9-15(16)20/h9-12H,4-8H2,1-3H3. The Balaban J connectivity index is 2.35. The van der Waals surface area contributed by atoms with Gasteiger partial charge in [-0.1, -0.05) is 67.9 Å². The number of carbonyl (C=O) groups is 1. The van der Waals surface area contributed by atoms with Gasteiger partial charge >= 0.3 is 5.97 Å². The lowest BCUT2D eigenvalue weighted by Gasteiger charge is -2.15. The van der Waals surface area contributed by atoms with E-state index < -0.39 is 12.1 Å². The second kappa shape index (κ2) is 10.3. The van der Waals surface area contributed by atoms with E-state index in [1.54, 1.807) is 6.92 Å². The molecule has 0 saturated carbocycles. The first kappa shape index (κ1) is 20.4. The maximum atomic E-state index is 11.9. The predicted molar refractivity (Wildman–Crippen MR) is 95.8 cm³/mol. The molecule has 1 aromatic carbocycles. The average Bonchev–Trinajstić information content (AvgIpc) is 2.47. The summed E-state index contributed by atoms with van der Waals surface area (Å²) in [6.45, 7) is 6.42. The summed E-state index contributed by atoms with van der Waals surface area (Å²) in [6, 6.07) is 2.97. The summed E-state index contributed by atoms with van der Waals surface area (Å²) in [4.78, 5) is 11.9. The van der Waals surface area contributed by atoms with E-state index in [9.17, 15) is 4.79 Å². The normalized spacial score (nSPS) is 12.3. The minimum atomic E-state index is -0.764. The highest BCUT2D eigenvalue weighted by Gasteiger charge is 2.18. The number of benzene rings is 1. The van der Waals surface area contributed by atoms with Crippen molar-refractivity contribution >= 4 is 40.8 Å². The zero-order valence-corrected chi connectivity index (χ0v) is 16.0. The van der Waals surface area contributed by atoms with Gasteiger partial charge in [0, 0.05) is 6.07 Å². The monoisotopic (exact) mass is 380 g/mol. The third-order valence-corrected chi connectivity index (χ3v) is 4.30. The van der Waals surface area contributed by atoms with Crippen LogP contribution in [0.3, 0.4) is 0 Å². The molecule has 1 rings (SSSR count). The van der Waals surface area contributed by atoms with Crippen LogP contribution in [0.1, 0.15) is 46.5 Å². The molecule has 0 aliphatic heterocycles. The van der Waals surface area contributed by atoms with Crippen molar-refractivity contribution < 1.29 is 14.3 Å². The summed E-state index contributed by atoms with van der Waals surface area (Å²) in [5, 5.41) is 0.949. The van der Waals surface area contributed by atoms with Crippen LogP contribution in [0.25, 0.3) is 0 Å². The number of carbonyl (C=O) groups excluding carboxylic acids is 1. The molecular weight excluding hydrogens is 359 g/mol. The van der Waals surface area contributed by atoms with Gasteiger partial charge in [-0.3, -0.25) is 0 Å². The Kier molecular flexibility index (Phi) is 9.11. The third kappa shape index (κ3) is 7.65. The maximum Gasteiger partial charge on any atom is 0.347 e. The topological polar surface area (TPSA) is 35.5 Å². The van der Waals surface area contributed by atoms with E-state index in [2.05, 4.69) is 13.8 Å². The molecule has 0 heterocycles. The lowest BCUT2D eigenvalue weighted by Crippen LogP contribution is -2.26. The van der Waals surface area contributed by atoms with E-state index in [1.165, 1.54) is 18.6 Å². The highest BCUT2D eigenvalue weighted by atomic mass is 35.5. The molecule has 0 saturated heterocycles. The van der Waals surface area contributed by atoms with Crippen molar-refractivity contribution in [3.63, 3.8) is 0 Å². The molecule has 0 aliphatic carbocycles. The zero-order chi connectivity index (χ0) is 17.4. The first-order valence-corrected chi connectivity index (χ1v) is 8.92. The van der Waals surface area contributed by atoms with E-state index in [0.717, 1.165) is 19.3 Å². The van der Waals surface area contributed by atoms with Crippen molar-refractivity contribution in [3.05, 3.63) is 27.2 Å². The van der Waals surface area contributed by atoms with E-state index in [1.807, 2.05) is 0 Å². The molecule has 0 radical (unpaired) electrons. The van der Waals surface area contributed by atoms with Gasteiger partial charge in [-0.2, -0.15) is 0 Å². The number of rotatable bonds is 9. The Hall–Kier alpha value is -0.640. The lowest BCUT2D eigenvalue weighted by molar-refractivity contribution is -0.151. The summed E-state index contributed by atoms with van der Waals surface area (Å²) in [5.74, 6) is 0.598. The van der Waals surface area contributed by atoms with Gasteiger partial charge in [-0.25, -0.2) is 4.79 Å². The maximum absolute atomic E-state index is 11.9. The van der Waals surface area contributed by atoms with Crippen LogP contribution in [0, 0.1) is 5.92 Å². The van der Waals surface area contributed by atoms with Gasteiger partial charge < -0.3 is 9.47 Å². The second-order valence-corrected chi connectivity index (χ2v) is 7.09. The molecule has 23 heavy (non-hydrogen) atoms. The van der Waals surface area contributed by atoms with Crippen molar-refractivity contribution in [3.8, 4) is 5.75 Å². The molecule has 0 fully saturated rings. The molecule has 0 aromatic heterocycles. The smallest absolute Gasteiger partial charge is 0.347 e. The highest BCUT2D eigenvalue weighted by Crippen LogP contribution is 2.34. The summed E-state index contributed by atoms with van der Waals surface area (Å²) in [6.07, 6.45) is 3.50. The fraction of sp³-hybridized carbons (Fsp3) is 0.588. The quantitative estimate of drug-likeness (QED) is 0.291. The molecule has 3 nitrogen and oxygen atoms in total. The molecule has 0 N–H and O–H groups in total. The predicted octanol–water partition coefficient (Wildman–Crippen LogP) is 6.17. The molecule has 130 valence electrons. The minimum absolute atomic E-state index is 0.299. The Bertz CT molecular complexity index is 518. The van der Waals surface area contributed by atoms with Crippen molar-refractivity contribution in [1.82, 2.24) is 0 Å². The van der Waals surface area contributed by atoms with Gasteiger partial charge in [0.05, 0.1) is 21.7 Å². The molecule has 1 aromatic rings. The minimum Gasteiger partial charge on any atom is -0.477 e. The highest BCUT2D eigenvalue weighted by molar-refractivity contribution is 6.43. The number of unbranched alkanes of at least 4 members (excludes halogenated alkanes) is 2. The van der Waals surface area contributed by atoms with Crippen LogP contribution in [-0.4, -0.2) is 18.7 Å². The van der Waals surface area contributed by atoms with Gasteiger partial charge in [0.1, 0.15) is 5.75 Å². The molecule has 1 unspecified atom stereocenters. The fourth-order valence-electron chi connectivity index (χ4n) is 1.95. The number of halogens is 3. The van der Waals surface area contributed by atoms with Gasteiger partial charge in [0.25, 0.3) is 0 Å². The van der Waals surface area contributed by atoms with Crippen LogP contribution in [0.15, 0.2) is 12.1 Å². The summed E-state index contributed by atoms with van der Waals surface area (Å²) >= 11 is 17.8. The number of hydrogen-bond donors (Lipinski definition) is 0. The number of hydrogen-bond acceptors (Lipinski definition) is 3. The number of ether oxygens (including phenoxy) is 2. The van der Waals surface area contributed by atoms with E-state index in [-0.39, 0.29) is 0 Å². The van der Waals surface area contributed by atoms with E-state index >= 15 is 0 Å². The molecule has 0 amide bonds. The van der Waals surface area contributed by atoms with Gasteiger partial charge in [0.2, 0.25) is 0 Å². The van der Waals surface area contributed by atoms with Crippen molar-refractivity contribution in [2.45, 2.75) is 52.6 Å². The van der Waals surface area contributed by atoms with Crippen molar-refractivity contribution in [1.29, 1.82) is 0 Å². The molecule has 0 spiro atoms. The Morgan fingerprint density at radius 1 is 1.00 bits per heavy atom. The Labute approximate surface area is 153 Å². The molecule has 0 aliphatic rings. The first-order valence-electron chi connectivity index (χ1n) is 7.79. The van der Waals surface area contributed by atoms with E-state index in [4.69, 9.17) is 44.3 Å². The summed E-state index contributed by atoms with van der Waals surface area (Å²) in [7, 11) is 0. The van der Waals surface area contributed by atoms with Crippen LogP contribution >= 0.6 is 34.8 Å². The van der Waals surface area contributed by atoms with Crippen LogP contribution in [0.2, 0.25) is 15.1 Å². The van der Waals surface area contributed by atoms with Crippen LogP contribution in [-0.2, 0) is 9.53 Å². The van der Waals surface area contributed by atoms with Gasteiger partial charge in [-0.05, 0) is 25.3 Å². The summed E-state index contributed by atoms with van der Waals surface area (Å²) in [5.41, 5.74) is 0. The van der Waals surface area contributed by atoms with Crippen LogP contribution < -0.4 is 4.74 Å². The average molecular weight is 382 g/mol. The zero-order valence-electron chi connectivity index (χ0n) is 13.7. The van der Waals surface area contributed by atoms with Gasteiger partial charge in [-0.15, -0.1) is 0 Å². The van der Waals surface area contributed by atoms with Crippen LogP contribution in [0.5, 0.6) is 5.75 Å². The largest absolute Gasteiger partial charge is 0.477 e. The molecular formula is C17H23Cl3O3. The molecule has 0 bridgehead atoms. The first-order chi connectivity index (χ1) is 10.8. The third-order valence-electron chi connectivity index (χ3n) is 3.28. The van der Waals surface area contributed by atoms with Crippen molar-refractivity contribution in [2.24, 2.45) is 5.92 Å². The van der Waals surface area contributed by atoms with Crippen LogP contribution in [0.4, 0.5) is 0 Å². The Morgan fingerprint density at radius 3 is 2.30 bits per heavy atom. The SMILES string of the molecule is CC(C)CCCCCOC(=O)C(C)Oc1cc(Cl)c(Cl)cc1Cl. The Morgan fingerprint density at radius 2 is 1.65 bits per heavy atom. The summed E-state index contributed by atoms with van der Waals surface area (Å²) < 4.78 is 10.7. The van der Waals surface area contributed by atoms with Gasteiger partial charge in [0.15, 0.2) is 6.10 Å². The lowest BCUT2D eigenvalue weighted by atomic mass is 10.1. The number of esters is 1. The van der Waals surface area contributed by atoms with E-state index in [0.29, 0.717) is 33.3 Å². The fourth-order valence-corrected chi connectivity index (χ4v) is 2.54.